The van der Waals surface area contributed by atoms with Crippen LogP contribution in [0, 0.1) is 0 Å². The third-order valence-electron chi connectivity index (χ3n) is 25.9. The average Bonchev–Trinajstić information content (AvgIpc) is 0.785. The van der Waals surface area contributed by atoms with E-state index in [0.29, 0.717) is 29.9 Å². The summed E-state index contributed by atoms with van der Waals surface area (Å²) in [6.45, 7) is 28.4. The van der Waals surface area contributed by atoms with Crippen LogP contribution >= 0.6 is 0 Å². The molecule has 12 aliphatic rings. The Kier molecular flexibility index (Phi) is 30.4. The standard InChI is InChI=1S/C25H33N7O2.C24H30N6O3.C22H26N6O3.C12H15N3O2.C12H17N3O2/c1-17(2)28-24(33)19-6-7-22(26-15-19)31-11-9-30(10-12-31)16-18-13-20-23(27-14-18)32-8-4-3-5-21(32)25(34)29-20;1-2-33-24(32)18-6-7-21(25-15-18)29-11-9-28(10-12-29)16-17-13-19-22(26-14-17)30-8-4-3-5-20(30)23(31)27-19;29-21-18-3-1-2-6-28(18)20-17(25-21)11-15(12-24-20)14-26-7-9-27(10-8-26)19-5-4-16(13-23-19)22(30)31;16-7-8-5-9-11(13-6-8)15-4-2-1-3-10(15)12(17)14-9;1-2-17-12(16)10-3-4-11(14-9-10)15-7-5-13-6-8-15/h6-7,13-15,17,21H,3-5,8-12,16H2,1-2H3,(H,28,33)(H,29,34);6-7,13-15,20H,2-5,8-12,16H2,1H3,(H,27,31);4-5,11-13,18H,1-3,6-10,14H2,(H,25,29)(H,30,31);5-6,10,16H,1-4,7H2,(H,14,17);3-4,9,13H,2,5-8H2,1H3/t21-;20-;18-;10-;/m0000./s1. The minimum Gasteiger partial charge on any atom is -0.478 e. The number of aliphatic hydroxyl groups is 1. The molecule has 8 saturated heterocycles. The molecule has 20 rings (SSSR count). The summed E-state index contributed by atoms with van der Waals surface area (Å²) in [5.74, 6) is 5.66. The molecule has 0 unspecified atom stereocenters. The van der Waals surface area contributed by atoms with Gasteiger partial charge in [0, 0.05) is 206 Å². The van der Waals surface area contributed by atoms with Gasteiger partial charge in [-0.3, -0.25) is 38.7 Å². The molecule has 0 spiro atoms. The van der Waals surface area contributed by atoms with Crippen molar-refractivity contribution in [3.05, 3.63) is 167 Å². The van der Waals surface area contributed by atoms with Crippen LogP contribution in [0.2, 0.25) is 0 Å². The van der Waals surface area contributed by atoms with E-state index >= 15 is 0 Å². The van der Waals surface area contributed by atoms with Crippen molar-refractivity contribution in [1.82, 2.24) is 65.2 Å². The van der Waals surface area contributed by atoms with Crippen LogP contribution in [0.3, 0.4) is 0 Å². The van der Waals surface area contributed by atoms with Gasteiger partial charge in [-0.15, -0.1) is 0 Å². The smallest absolute Gasteiger partial charge is 0.339 e. The van der Waals surface area contributed by atoms with Crippen LogP contribution < -0.4 is 71.1 Å². The second kappa shape index (κ2) is 43.5. The maximum absolute atomic E-state index is 12.5. The number of aliphatic hydroxyl groups excluding tert-OH is 1. The number of ether oxygens (including phenoxy) is 2. The van der Waals surface area contributed by atoms with Crippen LogP contribution in [0.1, 0.15) is 168 Å². The molecule has 5 amide bonds. The Hall–Kier alpha value is -12.8. The number of aromatic carboxylic acids is 1. The molecule has 12 aliphatic heterocycles. The highest BCUT2D eigenvalue weighted by molar-refractivity contribution is 6.06. The molecule has 0 aromatic carbocycles. The fourth-order valence-electron chi connectivity index (χ4n) is 19.0. The van der Waals surface area contributed by atoms with Crippen molar-refractivity contribution < 1.29 is 58.0 Å². The number of carbonyl (C=O) groups excluding carboxylic acids is 7. The normalized spacial score (nSPS) is 20.4. The van der Waals surface area contributed by atoms with Crippen molar-refractivity contribution in [2.24, 2.45) is 0 Å². The van der Waals surface area contributed by atoms with Gasteiger partial charge in [-0.05, 0) is 200 Å². The maximum Gasteiger partial charge on any atom is 0.339 e. The Bertz CT molecular complexity index is 5360. The van der Waals surface area contributed by atoms with Crippen molar-refractivity contribution in [2.75, 3.05) is 205 Å². The van der Waals surface area contributed by atoms with E-state index in [1.165, 1.54) is 6.20 Å². The lowest BCUT2D eigenvalue weighted by atomic mass is 9.99. The summed E-state index contributed by atoms with van der Waals surface area (Å²) >= 11 is 0. The van der Waals surface area contributed by atoms with Crippen LogP contribution in [-0.2, 0) is 54.9 Å². The van der Waals surface area contributed by atoms with Crippen molar-refractivity contribution in [1.29, 1.82) is 0 Å². The van der Waals surface area contributed by atoms with Gasteiger partial charge in [0.15, 0.2) is 23.3 Å². The second-order valence-corrected chi connectivity index (χ2v) is 35.3. The number of carbonyl (C=O) groups is 8. The lowest BCUT2D eigenvalue weighted by molar-refractivity contribution is -0.118. The molecule has 0 saturated carbocycles. The van der Waals surface area contributed by atoms with Crippen LogP contribution in [0.25, 0.3) is 0 Å². The van der Waals surface area contributed by atoms with Crippen LogP contribution in [0.15, 0.2) is 122 Å². The number of hydrogen-bond donors (Lipinski definition) is 8. The molecular weight excluding hydrogens is 1680 g/mol. The molecule has 37 heteroatoms. The van der Waals surface area contributed by atoms with Crippen molar-refractivity contribution in [3.8, 4) is 0 Å². The highest BCUT2D eigenvalue weighted by Crippen LogP contribution is 2.40. The molecule has 698 valence electrons. The van der Waals surface area contributed by atoms with E-state index in [0.717, 1.165) is 319 Å². The summed E-state index contributed by atoms with van der Waals surface area (Å²) in [4.78, 5) is 157. The van der Waals surface area contributed by atoms with Gasteiger partial charge >= 0.3 is 17.9 Å². The van der Waals surface area contributed by atoms with Gasteiger partial charge in [-0.2, -0.15) is 0 Å². The molecule has 8 aromatic heterocycles. The number of nitrogens with zero attached hydrogens (tertiary/aromatic N) is 19. The second-order valence-electron chi connectivity index (χ2n) is 35.3. The molecule has 0 radical (unpaired) electrons. The highest BCUT2D eigenvalue weighted by Gasteiger charge is 2.41. The average molecular weight is 1810 g/mol. The van der Waals surface area contributed by atoms with Crippen LogP contribution in [0.4, 0.5) is 69.3 Å². The summed E-state index contributed by atoms with van der Waals surface area (Å²) in [5, 5.41) is 36.4. The van der Waals surface area contributed by atoms with Crippen LogP contribution in [0.5, 0.6) is 0 Å². The summed E-state index contributed by atoms with van der Waals surface area (Å²) in [6, 6.07) is 22.2. The Morgan fingerprint density at radius 2 is 0.674 bits per heavy atom. The van der Waals surface area contributed by atoms with E-state index in [1.54, 1.807) is 69.0 Å². The first-order valence-electron chi connectivity index (χ1n) is 46.8. The monoisotopic (exact) mass is 1800 g/mol. The zero-order chi connectivity index (χ0) is 91.7. The zero-order valence-electron chi connectivity index (χ0n) is 75.8. The molecule has 37 nitrogen and oxygen atoms in total. The number of piperidine rings is 4. The number of anilines is 12. The summed E-state index contributed by atoms with van der Waals surface area (Å²) in [7, 11) is 0. The number of aromatic nitrogens is 8. The van der Waals surface area contributed by atoms with Crippen LogP contribution in [-0.4, -0.2) is 287 Å². The first kappa shape index (κ1) is 92.4. The van der Waals surface area contributed by atoms with Gasteiger partial charge in [-0.1, -0.05) is 0 Å². The van der Waals surface area contributed by atoms with Gasteiger partial charge in [-0.25, -0.2) is 54.3 Å². The number of piperazine rings is 4. The van der Waals surface area contributed by atoms with E-state index in [4.69, 9.17) is 34.6 Å². The summed E-state index contributed by atoms with van der Waals surface area (Å²) < 4.78 is 9.93. The predicted octanol–water partition coefficient (Wildman–Crippen LogP) is 7.90. The molecule has 4 atom stereocenters. The minimum atomic E-state index is -0.963. The third-order valence-corrected chi connectivity index (χ3v) is 25.9. The SMILES string of the molecule is CC(C)NC(=O)c1ccc(N2CCN(Cc3cnc4c(c3)NC(=O)[C@@H]3CCCCN43)CC2)nc1.CCOC(=O)c1ccc(N2CCN(Cc3cnc4c(c3)NC(=O)[C@@H]3CCCCN43)CC2)nc1.CCOC(=O)c1ccc(N2CCNCC2)nc1.O=C(O)c1ccc(N2CCN(Cc3cnc4c(c3)NC(=O)[C@@H]3CCCCN43)CC2)nc1.O=C1Nc2cc(CO)cnc2N2CCCC[C@@H]12. The number of hydrogen-bond acceptors (Lipinski definition) is 31. The van der Waals surface area contributed by atoms with Gasteiger partial charge in [0.25, 0.3) is 5.91 Å². The summed E-state index contributed by atoms with van der Waals surface area (Å²) in [5.41, 5.74) is 9.01. The Morgan fingerprint density at radius 3 is 0.962 bits per heavy atom. The molecule has 0 aliphatic carbocycles. The first-order valence-corrected chi connectivity index (χ1v) is 46.8. The number of amides is 5. The molecule has 132 heavy (non-hydrogen) atoms. The number of pyridine rings is 8. The lowest BCUT2D eigenvalue weighted by Crippen LogP contribution is -2.51. The zero-order valence-corrected chi connectivity index (χ0v) is 75.8. The number of fused-ring (bicyclic) bond motifs is 12. The molecular formula is C95H121N25O12. The maximum atomic E-state index is 12.5. The molecule has 20 heterocycles. The number of carboxylic acid groups (broad SMARTS) is 1. The van der Waals surface area contributed by atoms with Gasteiger partial charge < -0.3 is 90.8 Å². The Labute approximate surface area is 768 Å². The number of nitrogens with one attached hydrogen (secondary N) is 6. The minimum absolute atomic E-state index is 0.0501. The molecule has 0 bridgehead atoms. The molecule has 8 fully saturated rings. The number of carboxylic acids is 1. The largest absolute Gasteiger partial charge is 0.478 e. The number of esters is 2. The van der Waals surface area contributed by atoms with Gasteiger partial charge in [0.1, 0.15) is 47.4 Å². The van der Waals surface area contributed by atoms with Crippen molar-refractivity contribution in [2.45, 2.75) is 161 Å². The van der Waals surface area contributed by atoms with E-state index < -0.39 is 5.97 Å². The topological polar surface area (TPSA) is 406 Å². The van der Waals surface area contributed by atoms with Gasteiger partial charge in [0.2, 0.25) is 23.6 Å². The molecule has 8 aromatic rings. The third kappa shape index (κ3) is 22.5. The van der Waals surface area contributed by atoms with Crippen molar-refractivity contribution in [3.63, 3.8) is 0 Å². The van der Waals surface area contributed by atoms with E-state index in [-0.39, 0.29) is 83.9 Å². The Balaban J connectivity index is 0.000000124. The number of rotatable bonds is 18. The quantitative estimate of drug-likeness (QED) is 0.0378. The highest BCUT2D eigenvalue weighted by atomic mass is 16.5. The fraction of sp³-hybridized carbons (Fsp3) is 0.495. The van der Waals surface area contributed by atoms with E-state index in [2.05, 4.69) is 129 Å². The molecule has 8 N–H and O–H groups in total. The van der Waals surface area contributed by atoms with Crippen molar-refractivity contribution >= 4 is 117 Å². The van der Waals surface area contributed by atoms with Gasteiger partial charge in [0.05, 0.1) is 64.8 Å². The lowest BCUT2D eigenvalue weighted by Gasteiger charge is -2.40. The van der Waals surface area contributed by atoms with E-state index in [9.17, 15) is 38.4 Å². The predicted molar refractivity (Wildman–Crippen MR) is 503 cm³/mol. The first-order chi connectivity index (χ1) is 64.3. The summed E-state index contributed by atoms with van der Waals surface area (Å²) in [6.07, 6.45) is 26.1. The van der Waals surface area contributed by atoms with E-state index in [1.807, 2.05) is 56.7 Å². The fourth-order valence-corrected chi connectivity index (χ4v) is 19.0. The Morgan fingerprint density at radius 1 is 0.379 bits per heavy atom.